The Labute approximate surface area is 104 Å². The fraction of sp³-hybridized carbons (Fsp3) is 0.125. The second-order valence-corrected chi connectivity index (χ2v) is 2.55. The van der Waals surface area contributed by atoms with Gasteiger partial charge in [-0.05, 0) is 11.6 Å². The second-order valence-electron chi connectivity index (χ2n) is 2.14. The van der Waals surface area contributed by atoms with Crippen LogP contribution in [0.5, 0.6) is 0 Å². The number of carboxylic acid groups (broad SMARTS) is 1. The summed E-state index contributed by atoms with van der Waals surface area (Å²) in [7, 11) is 0. The van der Waals surface area contributed by atoms with E-state index in [1.165, 1.54) is 0 Å². The van der Waals surface area contributed by atoms with E-state index in [-0.39, 0.29) is 41.9 Å². The molecular formula is C8H6Cl2MgO2. The van der Waals surface area contributed by atoms with Gasteiger partial charge in [0.15, 0.2) is 0 Å². The van der Waals surface area contributed by atoms with Crippen molar-refractivity contribution in [3.05, 3.63) is 34.9 Å². The number of benzene rings is 1. The number of rotatable bonds is 2. The Bertz CT molecular complexity index is 279. The van der Waals surface area contributed by atoms with E-state index in [0.29, 0.717) is 10.6 Å². The minimum atomic E-state index is -1.11. The van der Waals surface area contributed by atoms with Gasteiger partial charge in [0.25, 0.3) is 0 Å². The molecule has 0 N–H and O–H groups in total. The quantitative estimate of drug-likeness (QED) is 0.516. The Morgan fingerprint density at radius 3 is 2.38 bits per heavy atom. The Morgan fingerprint density at radius 1 is 1.38 bits per heavy atom. The zero-order valence-corrected chi connectivity index (χ0v) is 9.72. The molecule has 0 unspecified atom stereocenters. The van der Waals surface area contributed by atoms with E-state index >= 15 is 0 Å². The molecule has 0 aliphatic heterocycles. The third-order valence-electron chi connectivity index (χ3n) is 1.29. The first-order chi connectivity index (χ1) is 5.20. The van der Waals surface area contributed by atoms with Gasteiger partial charge in [-0.1, -0.05) is 29.8 Å². The standard InChI is InChI=1S/C8H7ClO2.ClH.Mg/c9-7-4-2-1-3-6(7)5-8(10)11;;/h1-4H,5H2,(H,10,11);1H;/q;;+2/p-2. The summed E-state index contributed by atoms with van der Waals surface area (Å²) < 4.78 is 0. The molecule has 0 amide bonds. The molecule has 0 aliphatic rings. The van der Waals surface area contributed by atoms with Gasteiger partial charge >= 0.3 is 23.1 Å². The molecule has 0 bridgehead atoms. The van der Waals surface area contributed by atoms with Gasteiger partial charge in [-0.15, -0.1) is 0 Å². The number of aliphatic carboxylic acids is 1. The molecule has 5 heteroatoms. The average molecular weight is 229 g/mol. The van der Waals surface area contributed by atoms with Gasteiger partial charge in [0.1, 0.15) is 0 Å². The molecular weight excluding hydrogens is 223 g/mol. The zero-order chi connectivity index (χ0) is 8.27. The fourth-order valence-corrected chi connectivity index (χ4v) is 1.000. The summed E-state index contributed by atoms with van der Waals surface area (Å²) in [6, 6.07) is 6.81. The van der Waals surface area contributed by atoms with E-state index in [4.69, 9.17) is 11.6 Å². The number of hydrogen-bond acceptors (Lipinski definition) is 2. The van der Waals surface area contributed by atoms with Crippen molar-refractivity contribution >= 4 is 40.6 Å². The summed E-state index contributed by atoms with van der Waals surface area (Å²) in [6.45, 7) is 0. The summed E-state index contributed by atoms with van der Waals surface area (Å²) in [5.41, 5.74) is 0.592. The van der Waals surface area contributed by atoms with E-state index in [9.17, 15) is 9.90 Å². The third kappa shape index (κ3) is 5.36. The van der Waals surface area contributed by atoms with Crippen molar-refractivity contribution in [1.29, 1.82) is 0 Å². The first kappa shape index (κ1) is 15.5. The maximum absolute atomic E-state index is 10.2. The predicted octanol–water partition coefficient (Wildman–Crippen LogP) is -2.74. The third-order valence-corrected chi connectivity index (χ3v) is 1.66. The molecule has 1 aromatic carbocycles. The van der Waals surface area contributed by atoms with Crippen molar-refractivity contribution < 1.29 is 22.3 Å². The van der Waals surface area contributed by atoms with E-state index in [0.717, 1.165) is 0 Å². The average Bonchev–Trinajstić information content (AvgIpc) is 1.93. The minimum Gasteiger partial charge on any atom is -1.00 e. The fourth-order valence-electron chi connectivity index (χ4n) is 0.797. The molecule has 0 aromatic heterocycles. The predicted molar refractivity (Wildman–Crippen MR) is 45.9 cm³/mol. The Hall–Kier alpha value is 0.0362. The Morgan fingerprint density at radius 2 is 1.92 bits per heavy atom. The van der Waals surface area contributed by atoms with Crippen LogP contribution >= 0.6 is 11.6 Å². The molecule has 0 aliphatic carbocycles. The number of carbonyl (C=O) groups excluding carboxylic acids is 1. The molecule has 1 rings (SSSR count). The molecule has 1 aromatic rings. The van der Waals surface area contributed by atoms with E-state index in [1.807, 2.05) is 0 Å². The molecule has 13 heavy (non-hydrogen) atoms. The summed E-state index contributed by atoms with van der Waals surface area (Å²) in [5.74, 6) is -1.11. The smallest absolute Gasteiger partial charge is 1.00 e. The van der Waals surface area contributed by atoms with Gasteiger partial charge in [0.2, 0.25) is 0 Å². The monoisotopic (exact) mass is 228 g/mol. The maximum Gasteiger partial charge on any atom is 2.00 e. The van der Waals surface area contributed by atoms with Crippen LogP contribution in [0, 0.1) is 0 Å². The van der Waals surface area contributed by atoms with Gasteiger partial charge in [-0.25, -0.2) is 0 Å². The van der Waals surface area contributed by atoms with Gasteiger partial charge < -0.3 is 22.3 Å². The van der Waals surface area contributed by atoms with Crippen LogP contribution < -0.4 is 17.5 Å². The SMILES string of the molecule is O=C([O-])Cc1ccccc1Cl.[Cl-].[Mg+2]. The first-order valence-electron chi connectivity index (χ1n) is 3.13. The number of halogens is 2. The number of carboxylic acids is 1. The number of hydrogen-bond donors (Lipinski definition) is 0. The summed E-state index contributed by atoms with van der Waals surface area (Å²) in [5, 5.41) is 10.6. The molecule has 0 radical (unpaired) electrons. The van der Waals surface area contributed by atoms with Gasteiger partial charge in [-0.2, -0.15) is 0 Å². The van der Waals surface area contributed by atoms with Crippen LogP contribution in [0.15, 0.2) is 24.3 Å². The molecule has 0 heterocycles. The van der Waals surface area contributed by atoms with Crippen molar-refractivity contribution in [3.63, 3.8) is 0 Å². The van der Waals surface area contributed by atoms with Crippen LogP contribution in [0.1, 0.15) is 5.56 Å². The first-order valence-corrected chi connectivity index (χ1v) is 3.51. The second kappa shape index (κ2) is 7.44. The van der Waals surface area contributed by atoms with Crippen molar-refractivity contribution in [1.82, 2.24) is 0 Å². The van der Waals surface area contributed by atoms with E-state index in [1.54, 1.807) is 24.3 Å². The molecule has 0 saturated carbocycles. The Balaban J connectivity index is 0. The maximum atomic E-state index is 10.2. The topological polar surface area (TPSA) is 40.1 Å². The molecule has 66 valence electrons. The van der Waals surface area contributed by atoms with Crippen LogP contribution in [0.4, 0.5) is 0 Å². The van der Waals surface area contributed by atoms with Crippen LogP contribution in [0.3, 0.4) is 0 Å². The van der Waals surface area contributed by atoms with Gasteiger partial charge in [0, 0.05) is 17.4 Å². The molecule has 0 saturated heterocycles. The summed E-state index contributed by atoms with van der Waals surface area (Å²) >= 11 is 5.68. The minimum absolute atomic E-state index is 0. The molecule has 0 fully saturated rings. The van der Waals surface area contributed by atoms with Crippen molar-refractivity contribution in [2.45, 2.75) is 6.42 Å². The van der Waals surface area contributed by atoms with Gasteiger partial charge in [-0.3, -0.25) is 0 Å². The molecule has 0 spiro atoms. The molecule has 2 nitrogen and oxygen atoms in total. The Kier molecular flexibility index (Phi) is 8.88. The van der Waals surface area contributed by atoms with Crippen LogP contribution in [-0.2, 0) is 11.2 Å². The van der Waals surface area contributed by atoms with Crippen LogP contribution in [0.25, 0.3) is 0 Å². The molecule has 0 atom stereocenters. The van der Waals surface area contributed by atoms with Crippen LogP contribution in [-0.4, -0.2) is 29.0 Å². The normalized spacial score (nSPS) is 8.08. The van der Waals surface area contributed by atoms with E-state index in [2.05, 4.69) is 0 Å². The largest absolute Gasteiger partial charge is 2.00 e. The van der Waals surface area contributed by atoms with Crippen molar-refractivity contribution in [3.8, 4) is 0 Å². The zero-order valence-electron chi connectivity index (χ0n) is 6.80. The van der Waals surface area contributed by atoms with Crippen molar-refractivity contribution in [2.75, 3.05) is 0 Å². The van der Waals surface area contributed by atoms with Gasteiger partial charge in [0.05, 0.1) is 0 Å². The summed E-state index contributed by atoms with van der Waals surface area (Å²) in [6.07, 6.45) is -0.125. The van der Waals surface area contributed by atoms with Crippen LogP contribution in [0.2, 0.25) is 5.02 Å². The van der Waals surface area contributed by atoms with E-state index < -0.39 is 5.97 Å². The summed E-state index contributed by atoms with van der Waals surface area (Å²) in [4.78, 5) is 10.2. The van der Waals surface area contributed by atoms with Crippen molar-refractivity contribution in [2.24, 2.45) is 0 Å². The number of carbonyl (C=O) groups is 1.